The summed E-state index contributed by atoms with van der Waals surface area (Å²) in [4.78, 5) is 0. The lowest BCUT2D eigenvalue weighted by molar-refractivity contribution is 0.213. The third kappa shape index (κ3) is 2.71. The van der Waals surface area contributed by atoms with Crippen LogP contribution >= 0.6 is 27.5 Å². The Morgan fingerprint density at radius 2 is 1.78 bits per heavy atom. The van der Waals surface area contributed by atoms with Crippen molar-refractivity contribution in [2.75, 3.05) is 0 Å². The van der Waals surface area contributed by atoms with Gasteiger partial charge in [-0.05, 0) is 36.4 Å². The van der Waals surface area contributed by atoms with Crippen LogP contribution in [0, 0.1) is 11.6 Å². The van der Waals surface area contributed by atoms with Crippen LogP contribution in [0.3, 0.4) is 0 Å². The topological polar surface area (TPSA) is 20.2 Å². The van der Waals surface area contributed by atoms with Gasteiger partial charge in [-0.2, -0.15) is 0 Å². The molecule has 0 saturated heterocycles. The summed E-state index contributed by atoms with van der Waals surface area (Å²) in [5.74, 6) is -1.28. The highest BCUT2D eigenvalue weighted by atomic mass is 79.9. The molecule has 1 unspecified atom stereocenters. The summed E-state index contributed by atoms with van der Waals surface area (Å²) in [6.07, 6.45) is -1.28. The first kappa shape index (κ1) is 13.5. The lowest BCUT2D eigenvalue weighted by Gasteiger charge is -2.14. The molecular weight excluding hydrogens is 325 g/mol. The van der Waals surface area contributed by atoms with Crippen molar-refractivity contribution in [3.63, 3.8) is 0 Å². The zero-order chi connectivity index (χ0) is 13.3. The molecule has 94 valence electrons. The molecular formula is C13H8BrClF2O. The van der Waals surface area contributed by atoms with Crippen molar-refractivity contribution in [1.82, 2.24) is 0 Å². The summed E-state index contributed by atoms with van der Waals surface area (Å²) in [7, 11) is 0. The van der Waals surface area contributed by atoms with Gasteiger partial charge in [-0.3, -0.25) is 0 Å². The van der Waals surface area contributed by atoms with Crippen molar-refractivity contribution in [2.24, 2.45) is 0 Å². The number of hydrogen-bond acceptors (Lipinski definition) is 1. The van der Waals surface area contributed by atoms with E-state index in [0.29, 0.717) is 15.1 Å². The van der Waals surface area contributed by atoms with E-state index in [4.69, 9.17) is 11.6 Å². The summed E-state index contributed by atoms with van der Waals surface area (Å²) in [6, 6.07) is 7.71. The zero-order valence-electron chi connectivity index (χ0n) is 9.00. The van der Waals surface area contributed by atoms with Crippen LogP contribution in [-0.4, -0.2) is 5.11 Å². The van der Waals surface area contributed by atoms with Gasteiger partial charge in [0.15, 0.2) is 0 Å². The van der Waals surface area contributed by atoms with Gasteiger partial charge in [-0.25, -0.2) is 8.78 Å². The smallest absolute Gasteiger partial charge is 0.129 e. The SMILES string of the molecule is OC(c1cc(F)ccc1F)c1cc(Cl)ccc1Br. The Balaban J connectivity index is 2.50. The van der Waals surface area contributed by atoms with Gasteiger partial charge in [0.05, 0.1) is 0 Å². The molecule has 1 atom stereocenters. The van der Waals surface area contributed by atoms with Crippen molar-refractivity contribution < 1.29 is 13.9 Å². The van der Waals surface area contributed by atoms with E-state index in [9.17, 15) is 13.9 Å². The van der Waals surface area contributed by atoms with E-state index in [1.54, 1.807) is 12.1 Å². The van der Waals surface area contributed by atoms with Gasteiger partial charge in [-0.15, -0.1) is 0 Å². The normalized spacial score (nSPS) is 12.5. The van der Waals surface area contributed by atoms with Crippen molar-refractivity contribution in [1.29, 1.82) is 0 Å². The molecule has 1 N–H and O–H groups in total. The average molecular weight is 334 g/mol. The Bertz CT molecular complexity index is 538. The van der Waals surface area contributed by atoms with Crippen LogP contribution in [0.25, 0.3) is 0 Å². The molecule has 2 aromatic carbocycles. The average Bonchev–Trinajstić information content (AvgIpc) is 2.34. The molecule has 0 saturated carbocycles. The van der Waals surface area contributed by atoms with Gasteiger partial charge in [-0.1, -0.05) is 27.5 Å². The van der Waals surface area contributed by atoms with Crippen LogP contribution in [0.4, 0.5) is 8.78 Å². The molecule has 0 radical (unpaired) electrons. The predicted molar refractivity (Wildman–Crippen MR) is 69.6 cm³/mol. The maximum atomic E-state index is 13.6. The van der Waals surface area contributed by atoms with E-state index < -0.39 is 17.7 Å². The standard InChI is InChI=1S/C13H8BrClF2O/c14-11-3-1-7(15)5-9(11)13(18)10-6-8(16)2-4-12(10)17/h1-6,13,18H. The molecule has 0 aromatic heterocycles. The van der Waals surface area contributed by atoms with Crippen molar-refractivity contribution >= 4 is 27.5 Å². The summed E-state index contributed by atoms with van der Waals surface area (Å²) >= 11 is 9.06. The van der Waals surface area contributed by atoms with Crippen molar-refractivity contribution in [3.05, 3.63) is 68.7 Å². The van der Waals surface area contributed by atoms with Crippen LogP contribution in [-0.2, 0) is 0 Å². The molecule has 0 fully saturated rings. The molecule has 0 bridgehead atoms. The molecule has 2 aromatic rings. The van der Waals surface area contributed by atoms with E-state index >= 15 is 0 Å². The van der Waals surface area contributed by atoms with E-state index in [1.807, 2.05) is 0 Å². The monoisotopic (exact) mass is 332 g/mol. The second kappa shape index (κ2) is 5.34. The largest absolute Gasteiger partial charge is 0.384 e. The maximum Gasteiger partial charge on any atom is 0.129 e. The minimum Gasteiger partial charge on any atom is -0.384 e. The first-order valence-electron chi connectivity index (χ1n) is 5.07. The molecule has 0 heterocycles. The number of aliphatic hydroxyl groups excluding tert-OH is 1. The first-order valence-corrected chi connectivity index (χ1v) is 6.24. The second-order valence-electron chi connectivity index (χ2n) is 3.73. The Morgan fingerprint density at radius 1 is 1.06 bits per heavy atom. The van der Waals surface area contributed by atoms with Gasteiger partial charge in [0, 0.05) is 20.6 Å². The lowest BCUT2D eigenvalue weighted by atomic mass is 10.0. The quantitative estimate of drug-likeness (QED) is 0.860. The van der Waals surface area contributed by atoms with E-state index in [2.05, 4.69) is 15.9 Å². The summed E-state index contributed by atoms with van der Waals surface area (Å²) in [5.41, 5.74) is 0.255. The third-order valence-corrected chi connectivity index (χ3v) is 3.46. The fraction of sp³-hybridized carbons (Fsp3) is 0.0769. The number of benzene rings is 2. The molecule has 0 aliphatic carbocycles. The highest BCUT2D eigenvalue weighted by molar-refractivity contribution is 9.10. The van der Waals surface area contributed by atoms with Crippen LogP contribution < -0.4 is 0 Å². The Labute approximate surface area is 116 Å². The van der Waals surface area contributed by atoms with E-state index in [0.717, 1.165) is 18.2 Å². The van der Waals surface area contributed by atoms with Crippen molar-refractivity contribution in [2.45, 2.75) is 6.10 Å². The van der Waals surface area contributed by atoms with Crippen LogP contribution in [0.1, 0.15) is 17.2 Å². The number of aliphatic hydroxyl groups is 1. The van der Waals surface area contributed by atoms with Crippen molar-refractivity contribution in [3.8, 4) is 0 Å². The zero-order valence-corrected chi connectivity index (χ0v) is 11.3. The number of rotatable bonds is 2. The summed E-state index contributed by atoms with van der Waals surface area (Å²) in [6.45, 7) is 0. The summed E-state index contributed by atoms with van der Waals surface area (Å²) < 4.78 is 27.2. The van der Waals surface area contributed by atoms with Gasteiger partial charge in [0.2, 0.25) is 0 Å². The minimum atomic E-state index is -1.28. The number of hydrogen-bond donors (Lipinski definition) is 1. The fourth-order valence-corrected chi connectivity index (χ4v) is 2.26. The van der Waals surface area contributed by atoms with Crippen LogP contribution in [0.15, 0.2) is 40.9 Å². The van der Waals surface area contributed by atoms with Crippen LogP contribution in [0.5, 0.6) is 0 Å². The molecule has 5 heteroatoms. The molecule has 0 aliphatic heterocycles. The molecule has 1 nitrogen and oxygen atoms in total. The molecule has 2 rings (SSSR count). The first-order chi connectivity index (χ1) is 8.49. The highest BCUT2D eigenvalue weighted by Gasteiger charge is 2.18. The van der Waals surface area contributed by atoms with Gasteiger partial charge >= 0.3 is 0 Å². The Kier molecular flexibility index (Phi) is 4.00. The van der Waals surface area contributed by atoms with Gasteiger partial charge in [0.25, 0.3) is 0 Å². The lowest BCUT2D eigenvalue weighted by Crippen LogP contribution is -2.04. The fourth-order valence-electron chi connectivity index (χ4n) is 1.62. The molecule has 0 aliphatic rings. The number of halogens is 4. The molecule has 0 spiro atoms. The third-order valence-electron chi connectivity index (χ3n) is 2.51. The maximum absolute atomic E-state index is 13.6. The van der Waals surface area contributed by atoms with Gasteiger partial charge in [0.1, 0.15) is 17.7 Å². The predicted octanol–water partition coefficient (Wildman–Crippen LogP) is 4.46. The highest BCUT2D eigenvalue weighted by Crippen LogP contribution is 2.32. The second-order valence-corrected chi connectivity index (χ2v) is 5.02. The van der Waals surface area contributed by atoms with Gasteiger partial charge < -0.3 is 5.11 Å². The molecule has 18 heavy (non-hydrogen) atoms. The van der Waals surface area contributed by atoms with E-state index in [-0.39, 0.29) is 5.56 Å². The summed E-state index contributed by atoms with van der Waals surface area (Å²) in [5, 5.41) is 10.5. The minimum absolute atomic E-state index is 0.127. The Morgan fingerprint density at radius 3 is 2.50 bits per heavy atom. The molecule has 0 amide bonds. The Hall–Kier alpha value is -0.970. The van der Waals surface area contributed by atoms with E-state index in [1.165, 1.54) is 6.07 Å². The van der Waals surface area contributed by atoms with Crippen LogP contribution in [0.2, 0.25) is 5.02 Å².